The SMILES string of the molecule is CC(CNC(=O)c1sc(N2CCNCC2)nc1N)N(C)C. The number of piperazine rings is 1. The van der Waals surface area contributed by atoms with Gasteiger partial charge in [-0.25, -0.2) is 4.98 Å². The molecule has 1 fully saturated rings. The Bertz CT molecular complexity index is 483. The van der Waals surface area contributed by atoms with Crippen molar-refractivity contribution in [1.82, 2.24) is 20.5 Å². The van der Waals surface area contributed by atoms with E-state index in [-0.39, 0.29) is 11.9 Å². The van der Waals surface area contributed by atoms with E-state index in [1.165, 1.54) is 11.3 Å². The van der Waals surface area contributed by atoms with Gasteiger partial charge in [0.05, 0.1) is 0 Å². The fourth-order valence-corrected chi connectivity index (χ4v) is 2.93. The summed E-state index contributed by atoms with van der Waals surface area (Å²) in [6.45, 7) is 6.30. The molecule has 21 heavy (non-hydrogen) atoms. The predicted octanol–water partition coefficient (Wildman–Crippen LogP) is -0.185. The van der Waals surface area contributed by atoms with E-state index in [4.69, 9.17) is 5.73 Å². The van der Waals surface area contributed by atoms with Crippen LogP contribution < -0.4 is 21.3 Å². The minimum absolute atomic E-state index is 0.139. The Hall–Kier alpha value is -1.38. The van der Waals surface area contributed by atoms with Crippen molar-refractivity contribution in [3.63, 3.8) is 0 Å². The summed E-state index contributed by atoms with van der Waals surface area (Å²) in [6, 6.07) is 0.274. The number of hydrogen-bond donors (Lipinski definition) is 3. The molecule has 2 heterocycles. The quantitative estimate of drug-likeness (QED) is 0.699. The summed E-state index contributed by atoms with van der Waals surface area (Å²) in [5.74, 6) is 0.184. The minimum atomic E-state index is -0.139. The van der Waals surface area contributed by atoms with Crippen LogP contribution in [0.3, 0.4) is 0 Å². The third-order valence-electron chi connectivity index (χ3n) is 3.68. The zero-order valence-electron chi connectivity index (χ0n) is 12.8. The largest absolute Gasteiger partial charge is 0.382 e. The Kier molecular flexibility index (Phi) is 5.38. The lowest BCUT2D eigenvalue weighted by Gasteiger charge is -2.26. The van der Waals surface area contributed by atoms with E-state index < -0.39 is 0 Å². The lowest BCUT2D eigenvalue weighted by atomic mass is 10.3. The second-order valence-electron chi connectivity index (χ2n) is 5.47. The lowest BCUT2D eigenvalue weighted by Crippen LogP contribution is -2.43. The number of likely N-dealkylation sites (N-methyl/N-ethyl adjacent to an activating group) is 1. The number of anilines is 2. The number of nitrogens with one attached hydrogen (secondary N) is 2. The first-order valence-corrected chi connectivity index (χ1v) is 7.97. The molecule has 1 aliphatic rings. The molecule has 8 heteroatoms. The first-order chi connectivity index (χ1) is 9.99. The molecule has 0 radical (unpaired) electrons. The molecule has 1 unspecified atom stereocenters. The zero-order valence-corrected chi connectivity index (χ0v) is 13.7. The van der Waals surface area contributed by atoms with Gasteiger partial charge in [0.1, 0.15) is 10.7 Å². The zero-order chi connectivity index (χ0) is 15.4. The average Bonchev–Trinajstić information content (AvgIpc) is 2.87. The van der Waals surface area contributed by atoms with Crippen LogP contribution >= 0.6 is 11.3 Å². The van der Waals surface area contributed by atoms with Gasteiger partial charge in [-0.15, -0.1) is 0 Å². The molecular weight excluding hydrogens is 288 g/mol. The highest BCUT2D eigenvalue weighted by Gasteiger charge is 2.21. The van der Waals surface area contributed by atoms with Gasteiger partial charge in [-0.2, -0.15) is 0 Å². The first kappa shape index (κ1) is 16.0. The fourth-order valence-electron chi connectivity index (χ4n) is 1.98. The number of amides is 1. The van der Waals surface area contributed by atoms with Crippen LogP contribution in [-0.2, 0) is 0 Å². The third-order valence-corrected chi connectivity index (χ3v) is 4.81. The summed E-state index contributed by atoms with van der Waals surface area (Å²) in [6.07, 6.45) is 0. The summed E-state index contributed by atoms with van der Waals surface area (Å²) < 4.78 is 0. The second kappa shape index (κ2) is 7.06. The molecule has 1 atom stereocenters. The number of thiazole rings is 1. The van der Waals surface area contributed by atoms with Crippen LogP contribution in [0.2, 0.25) is 0 Å². The van der Waals surface area contributed by atoms with Gasteiger partial charge in [-0.05, 0) is 21.0 Å². The molecule has 7 nitrogen and oxygen atoms in total. The monoisotopic (exact) mass is 312 g/mol. The van der Waals surface area contributed by atoms with Crippen molar-refractivity contribution < 1.29 is 4.79 Å². The van der Waals surface area contributed by atoms with Crippen LogP contribution in [0.5, 0.6) is 0 Å². The predicted molar refractivity (Wildman–Crippen MR) is 87.1 cm³/mol. The van der Waals surface area contributed by atoms with Crippen LogP contribution in [-0.4, -0.2) is 68.7 Å². The maximum Gasteiger partial charge on any atom is 0.265 e. The summed E-state index contributed by atoms with van der Waals surface area (Å²) in [4.78, 5) is 21.3. The van der Waals surface area contributed by atoms with E-state index in [1.54, 1.807) is 0 Å². The number of carbonyl (C=O) groups is 1. The third kappa shape index (κ3) is 4.05. The van der Waals surface area contributed by atoms with Gasteiger partial charge in [0.15, 0.2) is 5.13 Å². The lowest BCUT2D eigenvalue weighted by molar-refractivity contribution is 0.0948. The van der Waals surface area contributed by atoms with Gasteiger partial charge in [-0.1, -0.05) is 11.3 Å². The number of aromatic nitrogens is 1. The second-order valence-corrected chi connectivity index (χ2v) is 6.45. The summed E-state index contributed by atoms with van der Waals surface area (Å²) in [5, 5.41) is 7.04. The van der Waals surface area contributed by atoms with Gasteiger partial charge in [0.2, 0.25) is 0 Å². The van der Waals surface area contributed by atoms with Crippen molar-refractivity contribution in [3.8, 4) is 0 Å². The van der Waals surface area contributed by atoms with Crippen molar-refractivity contribution in [2.45, 2.75) is 13.0 Å². The Balaban J connectivity index is 1.99. The normalized spacial score (nSPS) is 17.0. The number of hydrogen-bond acceptors (Lipinski definition) is 7. The number of carbonyl (C=O) groups excluding carboxylic acids is 1. The van der Waals surface area contributed by atoms with Crippen LogP contribution in [0, 0.1) is 0 Å². The Morgan fingerprint density at radius 3 is 2.81 bits per heavy atom. The van der Waals surface area contributed by atoms with Crippen LogP contribution in [0.1, 0.15) is 16.6 Å². The van der Waals surface area contributed by atoms with Gasteiger partial charge >= 0.3 is 0 Å². The molecule has 0 saturated carbocycles. The maximum absolute atomic E-state index is 12.2. The molecule has 0 spiro atoms. The fraction of sp³-hybridized carbons (Fsp3) is 0.692. The highest BCUT2D eigenvalue weighted by Crippen LogP contribution is 2.28. The molecule has 1 aliphatic heterocycles. The summed E-state index contributed by atoms with van der Waals surface area (Å²) in [7, 11) is 3.97. The highest BCUT2D eigenvalue weighted by atomic mass is 32.1. The number of rotatable bonds is 5. The van der Waals surface area contributed by atoms with Crippen LogP contribution in [0.15, 0.2) is 0 Å². The first-order valence-electron chi connectivity index (χ1n) is 7.15. The van der Waals surface area contributed by atoms with Gasteiger partial charge in [-0.3, -0.25) is 4.79 Å². The molecule has 4 N–H and O–H groups in total. The van der Waals surface area contributed by atoms with E-state index >= 15 is 0 Å². The number of nitrogens with two attached hydrogens (primary N) is 1. The molecule has 1 amide bonds. The van der Waals surface area contributed by atoms with E-state index in [2.05, 4.69) is 32.3 Å². The van der Waals surface area contributed by atoms with Gasteiger partial charge in [0.25, 0.3) is 5.91 Å². The van der Waals surface area contributed by atoms with E-state index in [1.807, 2.05) is 14.1 Å². The topological polar surface area (TPSA) is 86.5 Å². The molecule has 1 saturated heterocycles. The Labute approximate surface area is 129 Å². The molecule has 0 bridgehead atoms. The van der Waals surface area contributed by atoms with Crippen molar-refractivity contribution in [2.24, 2.45) is 0 Å². The molecule has 1 aromatic heterocycles. The van der Waals surface area contributed by atoms with Crippen molar-refractivity contribution >= 4 is 28.2 Å². The Morgan fingerprint density at radius 1 is 1.52 bits per heavy atom. The van der Waals surface area contributed by atoms with Crippen LogP contribution in [0.25, 0.3) is 0 Å². The minimum Gasteiger partial charge on any atom is -0.382 e. The van der Waals surface area contributed by atoms with Gasteiger partial charge in [0, 0.05) is 38.8 Å². The van der Waals surface area contributed by atoms with Crippen LogP contribution in [0.4, 0.5) is 10.9 Å². The molecule has 0 aromatic carbocycles. The molecule has 2 rings (SSSR count). The molecule has 0 aliphatic carbocycles. The molecule has 1 aromatic rings. The van der Waals surface area contributed by atoms with Crippen molar-refractivity contribution in [2.75, 3.05) is 57.5 Å². The maximum atomic E-state index is 12.2. The number of nitrogens with zero attached hydrogens (tertiary/aromatic N) is 3. The summed E-state index contributed by atoms with van der Waals surface area (Å²) in [5.41, 5.74) is 5.90. The highest BCUT2D eigenvalue weighted by molar-refractivity contribution is 7.18. The standard InChI is InChI=1S/C13H24N6OS/c1-9(18(2)3)8-16-12(20)10-11(14)17-13(21-10)19-6-4-15-5-7-19/h9,15H,4-8,14H2,1-3H3,(H,16,20). The van der Waals surface area contributed by atoms with Gasteiger partial charge < -0.3 is 26.2 Å². The van der Waals surface area contributed by atoms with Crippen molar-refractivity contribution in [1.29, 1.82) is 0 Å². The molecular formula is C13H24N6OS. The van der Waals surface area contributed by atoms with E-state index in [0.29, 0.717) is 17.2 Å². The summed E-state index contributed by atoms with van der Waals surface area (Å²) >= 11 is 1.37. The smallest absolute Gasteiger partial charge is 0.265 e. The number of nitrogen functional groups attached to an aromatic ring is 1. The molecule has 118 valence electrons. The van der Waals surface area contributed by atoms with E-state index in [9.17, 15) is 4.79 Å². The van der Waals surface area contributed by atoms with E-state index in [0.717, 1.165) is 31.3 Å². The Morgan fingerprint density at radius 2 is 2.19 bits per heavy atom. The van der Waals surface area contributed by atoms with Crippen molar-refractivity contribution in [3.05, 3.63) is 4.88 Å². The average molecular weight is 312 g/mol.